The van der Waals surface area contributed by atoms with Gasteiger partial charge in [-0.3, -0.25) is 4.79 Å². The first kappa shape index (κ1) is 25.5. The topological polar surface area (TPSA) is 92.3 Å². The van der Waals surface area contributed by atoms with Gasteiger partial charge in [0.05, 0.1) is 23.3 Å². The van der Waals surface area contributed by atoms with E-state index < -0.39 is 23.6 Å². The van der Waals surface area contributed by atoms with Gasteiger partial charge >= 0.3 is 12.1 Å². The van der Waals surface area contributed by atoms with Crippen LogP contribution in [0.2, 0.25) is 5.02 Å². The molecular formula is C25H18ClF3N2O4S. The zero-order valence-electron chi connectivity index (χ0n) is 18.8. The number of ether oxygens (including phenoxy) is 1. The monoisotopic (exact) mass is 534 g/mol. The highest BCUT2D eigenvalue weighted by molar-refractivity contribution is 7.17. The summed E-state index contributed by atoms with van der Waals surface area (Å²) in [6.45, 7) is 0. The summed E-state index contributed by atoms with van der Waals surface area (Å²) in [4.78, 5) is 26.3. The summed E-state index contributed by atoms with van der Waals surface area (Å²) in [6, 6.07) is 7.42. The van der Waals surface area contributed by atoms with Crippen LogP contribution in [0.3, 0.4) is 0 Å². The predicted octanol–water partition coefficient (Wildman–Crippen LogP) is 6.89. The van der Waals surface area contributed by atoms with Crippen LogP contribution >= 0.6 is 22.9 Å². The Labute approximate surface area is 212 Å². The maximum Gasteiger partial charge on any atom is 0.416 e. The molecule has 2 aromatic heterocycles. The normalized spacial score (nSPS) is 13.6. The fourth-order valence-corrected chi connectivity index (χ4v) is 5.38. The minimum Gasteiger partial charge on any atom is -0.465 e. The van der Waals surface area contributed by atoms with Gasteiger partial charge in [0.15, 0.2) is 0 Å². The van der Waals surface area contributed by atoms with Crippen molar-refractivity contribution in [3.05, 3.63) is 68.3 Å². The lowest BCUT2D eigenvalue weighted by molar-refractivity contribution is -0.137. The average Bonchev–Trinajstić information content (AvgIpc) is 3.45. The van der Waals surface area contributed by atoms with E-state index in [4.69, 9.17) is 20.8 Å². The molecule has 6 nitrogen and oxygen atoms in total. The summed E-state index contributed by atoms with van der Waals surface area (Å²) in [5, 5.41) is 12.5. The van der Waals surface area contributed by atoms with Crippen molar-refractivity contribution in [2.75, 3.05) is 12.4 Å². The van der Waals surface area contributed by atoms with Gasteiger partial charge in [-0.1, -0.05) is 11.6 Å². The number of esters is 1. The number of nitrogens with zero attached hydrogens (tertiary/aromatic N) is 1. The van der Waals surface area contributed by atoms with E-state index in [0.717, 1.165) is 54.0 Å². The van der Waals surface area contributed by atoms with Crippen molar-refractivity contribution in [3.63, 3.8) is 0 Å². The molecule has 3 aromatic rings. The summed E-state index contributed by atoms with van der Waals surface area (Å²) in [6.07, 6.45) is -0.0341. The molecule has 0 saturated carbocycles. The molecular weight excluding hydrogens is 517 g/mol. The summed E-state index contributed by atoms with van der Waals surface area (Å²) in [5.41, 5.74) is -0.0615. The Morgan fingerprint density at radius 1 is 1.22 bits per heavy atom. The Morgan fingerprint density at radius 2 is 1.97 bits per heavy atom. The number of hydrogen-bond acceptors (Lipinski definition) is 6. The highest BCUT2D eigenvalue weighted by atomic mass is 35.5. The number of furan rings is 1. The van der Waals surface area contributed by atoms with Gasteiger partial charge < -0.3 is 14.5 Å². The predicted molar refractivity (Wildman–Crippen MR) is 129 cm³/mol. The van der Waals surface area contributed by atoms with Crippen LogP contribution in [0.15, 0.2) is 40.3 Å². The Hall–Kier alpha value is -3.55. The van der Waals surface area contributed by atoms with E-state index in [9.17, 15) is 28.0 Å². The second-order valence-electron chi connectivity index (χ2n) is 7.92. The van der Waals surface area contributed by atoms with Crippen molar-refractivity contribution in [2.24, 2.45) is 0 Å². The van der Waals surface area contributed by atoms with Gasteiger partial charge in [-0.15, -0.1) is 11.3 Å². The van der Waals surface area contributed by atoms with E-state index in [1.165, 1.54) is 30.6 Å². The van der Waals surface area contributed by atoms with Crippen molar-refractivity contribution in [2.45, 2.75) is 31.9 Å². The van der Waals surface area contributed by atoms with Crippen LogP contribution in [0.5, 0.6) is 0 Å². The van der Waals surface area contributed by atoms with Gasteiger partial charge in [0.25, 0.3) is 5.91 Å². The molecule has 1 amide bonds. The summed E-state index contributed by atoms with van der Waals surface area (Å²) < 4.78 is 49.7. The highest BCUT2D eigenvalue weighted by Crippen LogP contribution is 2.39. The third kappa shape index (κ3) is 5.17. The van der Waals surface area contributed by atoms with Crippen molar-refractivity contribution >= 4 is 45.9 Å². The molecule has 0 spiro atoms. The smallest absolute Gasteiger partial charge is 0.416 e. The van der Waals surface area contributed by atoms with Gasteiger partial charge in [-0.2, -0.15) is 18.4 Å². The van der Waals surface area contributed by atoms with Crippen LogP contribution in [0.1, 0.15) is 45.0 Å². The second kappa shape index (κ2) is 10.2. The van der Waals surface area contributed by atoms with E-state index in [0.29, 0.717) is 17.0 Å². The Balaban J connectivity index is 1.61. The molecule has 0 fully saturated rings. The second-order valence-corrected chi connectivity index (χ2v) is 9.44. The quantitative estimate of drug-likeness (QED) is 0.218. The first-order valence-corrected chi connectivity index (χ1v) is 11.9. The molecule has 1 N–H and O–H groups in total. The van der Waals surface area contributed by atoms with Crippen LogP contribution in [-0.4, -0.2) is 19.0 Å². The number of alkyl halides is 3. The number of benzene rings is 1. The molecule has 4 rings (SSSR count). The summed E-state index contributed by atoms with van der Waals surface area (Å²) in [5.74, 6) is -1.24. The van der Waals surface area contributed by atoms with Gasteiger partial charge in [-0.05, 0) is 61.6 Å². The van der Waals surface area contributed by atoms with Crippen LogP contribution in [0.4, 0.5) is 18.2 Å². The third-order valence-electron chi connectivity index (χ3n) is 5.63. The molecule has 1 aliphatic rings. The molecule has 186 valence electrons. The molecule has 1 aliphatic carbocycles. The lowest BCUT2D eigenvalue weighted by atomic mass is 9.95. The molecule has 2 heterocycles. The number of nitriles is 1. The third-order valence-corrected chi connectivity index (χ3v) is 7.16. The van der Waals surface area contributed by atoms with Crippen LogP contribution in [-0.2, 0) is 28.5 Å². The van der Waals surface area contributed by atoms with Crippen molar-refractivity contribution in [1.82, 2.24) is 0 Å². The number of carbonyl (C=O) groups is 2. The molecule has 0 atom stereocenters. The number of amides is 1. The van der Waals surface area contributed by atoms with Crippen molar-refractivity contribution < 1.29 is 31.9 Å². The number of halogens is 4. The van der Waals surface area contributed by atoms with E-state index in [-0.39, 0.29) is 27.7 Å². The Kier molecular flexibility index (Phi) is 7.24. The average molecular weight is 535 g/mol. The maximum absolute atomic E-state index is 13.1. The van der Waals surface area contributed by atoms with Gasteiger partial charge in [-0.25, -0.2) is 4.79 Å². The minimum atomic E-state index is -4.56. The molecule has 36 heavy (non-hydrogen) atoms. The number of aryl methyl sites for hydroxylation is 1. The number of anilines is 1. The first-order chi connectivity index (χ1) is 17.1. The first-order valence-electron chi connectivity index (χ1n) is 10.7. The maximum atomic E-state index is 13.1. The van der Waals surface area contributed by atoms with Gasteiger partial charge in [0.1, 0.15) is 28.2 Å². The molecule has 11 heteroatoms. The fourth-order valence-electron chi connectivity index (χ4n) is 3.90. The standard InChI is InChI=1S/C25H18ClF3N2O4S/c1-34-24(33)21-16-4-2-3-5-20(16)36-23(21)31-22(32)13(12-30)10-15-7-9-19(35-15)17-11-14(25(27,28)29)6-8-18(17)26/h6-11H,2-5H2,1H3,(H,31,32). The van der Waals surface area contributed by atoms with Crippen LogP contribution in [0.25, 0.3) is 17.4 Å². The van der Waals surface area contributed by atoms with Gasteiger partial charge in [0, 0.05) is 16.5 Å². The molecule has 0 bridgehead atoms. The number of carbonyl (C=O) groups excluding carboxylic acids is 2. The van der Waals surface area contributed by atoms with E-state index in [1.54, 1.807) is 6.07 Å². The van der Waals surface area contributed by atoms with E-state index in [1.807, 2.05) is 0 Å². The minimum absolute atomic E-state index is 0.0148. The molecule has 0 radical (unpaired) electrons. The lowest BCUT2D eigenvalue weighted by Crippen LogP contribution is -2.16. The number of rotatable bonds is 5. The zero-order valence-corrected chi connectivity index (χ0v) is 20.4. The Bertz CT molecular complexity index is 1420. The summed E-state index contributed by atoms with van der Waals surface area (Å²) >= 11 is 7.34. The number of hydrogen-bond donors (Lipinski definition) is 1. The molecule has 0 saturated heterocycles. The lowest BCUT2D eigenvalue weighted by Gasteiger charge is -2.11. The molecule has 0 unspecified atom stereocenters. The van der Waals surface area contributed by atoms with Crippen LogP contribution < -0.4 is 5.32 Å². The highest BCUT2D eigenvalue weighted by Gasteiger charge is 2.31. The number of thiophene rings is 1. The molecule has 1 aromatic carbocycles. The Morgan fingerprint density at radius 3 is 2.67 bits per heavy atom. The van der Waals surface area contributed by atoms with E-state index in [2.05, 4.69) is 5.32 Å². The zero-order chi connectivity index (χ0) is 26.0. The number of nitrogens with one attached hydrogen (secondary N) is 1. The fraction of sp³-hybridized carbons (Fsp3) is 0.240. The SMILES string of the molecule is COC(=O)c1c(NC(=O)C(C#N)=Cc2ccc(-c3cc(C(F)(F)F)ccc3Cl)o2)sc2c1CCCC2. The van der Waals surface area contributed by atoms with Crippen LogP contribution in [0, 0.1) is 11.3 Å². The number of fused-ring (bicyclic) bond motifs is 1. The van der Waals surface area contributed by atoms with Gasteiger partial charge in [0.2, 0.25) is 0 Å². The number of methoxy groups -OCH3 is 1. The molecule has 0 aliphatic heterocycles. The summed E-state index contributed by atoms with van der Waals surface area (Å²) in [7, 11) is 1.26. The van der Waals surface area contributed by atoms with E-state index >= 15 is 0 Å². The van der Waals surface area contributed by atoms with Crippen molar-refractivity contribution in [3.8, 4) is 17.4 Å². The largest absolute Gasteiger partial charge is 0.465 e. The van der Waals surface area contributed by atoms with Crippen molar-refractivity contribution in [1.29, 1.82) is 5.26 Å².